The van der Waals surface area contributed by atoms with Crippen LogP contribution in [0.15, 0.2) is 53.3 Å². The summed E-state index contributed by atoms with van der Waals surface area (Å²) in [6.07, 6.45) is 0.975. The van der Waals surface area contributed by atoms with Gasteiger partial charge in [-0.15, -0.1) is 6.58 Å². The van der Waals surface area contributed by atoms with Gasteiger partial charge in [-0.05, 0) is 26.0 Å². The van der Waals surface area contributed by atoms with E-state index in [0.717, 1.165) is 17.1 Å². The van der Waals surface area contributed by atoms with Crippen molar-refractivity contribution in [2.45, 2.75) is 26.1 Å². The van der Waals surface area contributed by atoms with Crippen molar-refractivity contribution in [3.8, 4) is 0 Å². The molecule has 8 heteroatoms. The molecule has 2 unspecified atom stereocenters. The van der Waals surface area contributed by atoms with Gasteiger partial charge < -0.3 is 4.90 Å². The highest BCUT2D eigenvalue weighted by molar-refractivity contribution is 6.34. The first kappa shape index (κ1) is 17.6. The largest absolute Gasteiger partial charge is 0.328 e. The number of hydrogen-bond donors (Lipinski definition) is 0. The molecule has 1 aromatic carbocycles. The first-order valence-corrected chi connectivity index (χ1v) is 9.04. The molecule has 0 saturated carbocycles. The molecule has 1 saturated heterocycles. The number of para-hydroxylation sites is 1. The molecule has 3 aliphatic rings. The molecule has 0 bridgehead atoms. The van der Waals surface area contributed by atoms with Crippen LogP contribution >= 0.6 is 11.6 Å². The predicted molar refractivity (Wildman–Crippen MR) is 104 cm³/mol. The number of hydrogen-bond acceptors (Lipinski definition) is 5. The van der Waals surface area contributed by atoms with Gasteiger partial charge in [0.2, 0.25) is 5.96 Å². The molecular weight excluding hydrogens is 366 g/mol. The fourth-order valence-electron chi connectivity index (χ4n) is 3.83. The van der Waals surface area contributed by atoms with Crippen LogP contribution in [-0.2, 0) is 4.79 Å². The molecule has 3 aliphatic heterocycles. The minimum Gasteiger partial charge on any atom is -0.302 e. The summed E-state index contributed by atoms with van der Waals surface area (Å²) in [4.78, 5) is 37.0. The number of nitrogens with zero attached hydrogens (tertiary/aromatic N) is 5. The highest BCUT2D eigenvalue weighted by atomic mass is 35.5. The normalized spacial score (nSPS) is 24.5. The molecule has 7 nitrogen and oxygen atoms in total. The summed E-state index contributed by atoms with van der Waals surface area (Å²) in [7, 11) is 1.67. The quantitative estimate of drug-likeness (QED) is 0.751. The van der Waals surface area contributed by atoms with Crippen LogP contribution in [-0.4, -0.2) is 58.4 Å². The number of imide groups is 1. The SMILES string of the molecule is C=CCN1C(=O)C2C(N=C3N(c4ccccc4Cl)C(C)=C(C)N32)N(C)C1=O. The topological polar surface area (TPSA) is 59.5 Å². The predicted octanol–water partition coefficient (Wildman–Crippen LogP) is 2.86. The fraction of sp³-hybridized carbons (Fsp3) is 0.316. The molecule has 4 rings (SSSR count). The van der Waals surface area contributed by atoms with Crippen molar-refractivity contribution >= 4 is 35.2 Å². The molecular formula is C19H20ClN5O2. The Hall–Kier alpha value is -2.80. The highest BCUT2D eigenvalue weighted by Gasteiger charge is 2.55. The molecule has 3 amide bonds. The number of halogens is 1. The summed E-state index contributed by atoms with van der Waals surface area (Å²) >= 11 is 6.42. The average Bonchev–Trinajstić information content (AvgIpc) is 3.14. The standard InChI is InChI=1S/C19H20ClN5O2/c1-5-10-23-17(26)15-16(22(4)19(23)27)21-18-24(11(2)12(3)25(15)18)14-9-7-6-8-13(14)20/h5-9,15-16H,1,10H2,2-4H3. The van der Waals surface area contributed by atoms with Gasteiger partial charge in [-0.3, -0.25) is 19.5 Å². The number of aliphatic imine (C=N–C) groups is 1. The van der Waals surface area contributed by atoms with Gasteiger partial charge >= 0.3 is 6.03 Å². The zero-order valence-electron chi connectivity index (χ0n) is 15.4. The van der Waals surface area contributed by atoms with Crippen molar-refractivity contribution in [1.29, 1.82) is 0 Å². The second-order valence-corrected chi connectivity index (χ2v) is 7.15. The van der Waals surface area contributed by atoms with Gasteiger partial charge in [0, 0.05) is 25.0 Å². The van der Waals surface area contributed by atoms with Crippen LogP contribution in [0.2, 0.25) is 5.02 Å². The number of carbonyl (C=O) groups excluding carboxylic acids is 2. The van der Waals surface area contributed by atoms with E-state index in [2.05, 4.69) is 6.58 Å². The van der Waals surface area contributed by atoms with Crippen LogP contribution in [0.25, 0.3) is 0 Å². The van der Waals surface area contributed by atoms with Gasteiger partial charge in [0.15, 0.2) is 12.2 Å². The Bertz CT molecular complexity index is 924. The number of guanidine groups is 1. The first-order chi connectivity index (χ1) is 12.9. The molecule has 3 heterocycles. The Labute approximate surface area is 162 Å². The number of likely N-dealkylation sites (N-methyl/N-ethyl adjacent to an activating group) is 1. The third kappa shape index (κ3) is 2.31. The number of fused-ring (bicyclic) bond motifs is 3. The molecule has 1 aromatic rings. The van der Waals surface area contributed by atoms with E-state index in [9.17, 15) is 9.59 Å². The van der Waals surface area contributed by atoms with Crippen molar-refractivity contribution in [2.24, 2.45) is 4.99 Å². The van der Waals surface area contributed by atoms with Gasteiger partial charge in [-0.2, -0.15) is 0 Å². The number of rotatable bonds is 3. The lowest BCUT2D eigenvalue weighted by atomic mass is 10.1. The number of carbonyl (C=O) groups is 2. The van der Waals surface area contributed by atoms with Crippen molar-refractivity contribution in [3.05, 3.63) is 53.3 Å². The highest BCUT2D eigenvalue weighted by Crippen LogP contribution is 2.41. The zero-order valence-corrected chi connectivity index (χ0v) is 16.1. The van der Waals surface area contributed by atoms with Gasteiger partial charge in [0.25, 0.3) is 5.91 Å². The molecule has 0 radical (unpaired) electrons. The van der Waals surface area contributed by atoms with E-state index < -0.39 is 12.2 Å². The number of benzene rings is 1. The summed E-state index contributed by atoms with van der Waals surface area (Å²) in [6.45, 7) is 7.74. The summed E-state index contributed by atoms with van der Waals surface area (Å²) in [5.41, 5.74) is 2.65. The first-order valence-electron chi connectivity index (χ1n) is 8.66. The maximum absolute atomic E-state index is 13.1. The summed E-state index contributed by atoms with van der Waals surface area (Å²) in [5, 5.41) is 0.591. The smallest absolute Gasteiger partial charge is 0.302 e. The van der Waals surface area contributed by atoms with Crippen molar-refractivity contribution in [2.75, 3.05) is 18.5 Å². The van der Waals surface area contributed by atoms with Crippen LogP contribution in [0, 0.1) is 0 Å². The fourth-order valence-corrected chi connectivity index (χ4v) is 4.05. The summed E-state index contributed by atoms with van der Waals surface area (Å²) in [6, 6.07) is 6.54. The van der Waals surface area contributed by atoms with Crippen LogP contribution in [0.4, 0.5) is 10.5 Å². The van der Waals surface area contributed by atoms with E-state index in [0.29, 0.717) is 11.0 Å². The van der Waals surface area contributed by atoms with E-state index in [-0.39, 0.29) is 18.5 Å². The van der Waals surface area contributed by atoms with Crippen LogP contribution in [0.5, 0.6) is 0 Å². The Morgan fingerprint density at radius 2 is 1.93 bits per heavy atom. The lowest BCUT2D eigenvalue weighted by Gasteiger charge is -2.40. The second kappa shape index (κ2) is 6.13. The second-order valence-electron chi connectivity index (χ2n) is 6.75. The molecule has 2 atom stereocenters. The van der Waals surface area contributed by atoms with Gasteiger partial charge in [0.1, 0.15) is 0 Å². The van der Waals surface area contributed by atoms with E-state index in [1.807, 2.05) is 47.9 Å². The van der Waals surface area contributed by atoms with Crippen molar-refractivity contribution < 1.29 is 9.59 Å². The molecule has 0 N–H and O–H groups in total. The molecule has 0 aromatic heterocycles. The third-order valence-corrected chi connectivity index (χ3v) is 5.62. The number of anilines is 1. The Morgan fingerprint density at radius 3 is 2.59 bits per heavy atom. The monoisotopic (exact) mass is 385 g/mol. The van der Waals surface area contributed by atoms with Crippen LogP contribution < -0.4 is 4.90 Å². The van der Waals surface area contributed by atoms with E-state index >= 15 is 0 Å². The van der Waals surface area contributed by atoms with E-state index in [1.54, 1.807) is 13.1 Å². The Kier molecular flexibility index (Phi) is 3.99. The molecule has 0 spiro atoms. The number of urea groups is 1. The zero-order chi connectivity index (χ0) is 19.5. The van der Waals surface area contributed by atoms with Gasteiger partial charge in [0.05, 0.1) is 10.7 Å². The third-order valence-electron chi connectivity index (χ3n) is 5.30. The van der Waals surface area contributed by atoms with E-state index in [4.69, 9.17) is 16.6 Å². The minimum absolute atomic E-state index is 0.171. The van der Waals surface area contributed by atoms with Crippen LogP contribution in [0.3, 0.4) is 0 Å². The van der Waals surface area contributed by atoms with E-state index in [1.165, 1.54) is 9.80 Å². The molecule has 0 aliphatic carbocycles. The lowest BCUT2D eigenvalue weighted by Crippen LogP contribution is -2.64. The maximum Gasteiger partial charge on any atom is 0.328 e. The summed E-state index contributed by atoms with van der Waals surface area (Å²) < 4.78 is 0. The summed E-state index contributed by atoms with van der Waals surface area (Å²) in [5.74, 6) is 0.344. The maximum atomic E-state index is 13.1. The number of allylic oxidation sites excluding steroid dienone is 2. The molecule has 140 valence electrons. The van der Waals surface area contributed by atoms with Gasteiger partial charge in [-0.25, -0.2) is 9.79 Å². The lowest BCUT2D eigenvalue weighted by molar-refractivity contribution is -0.136. The van der Waals surface area contributed by atoms with Crippen molar-refractivity contribution in [1.82, 2.24) is 14.7 Å². The molecule has 27 heavy (non-hydrogen) atoms. The van der Waals surface area contributed by atoms with Gasteiger partial charge in [-0.1, -0.05) is 29.8 Å². The average molecular weight is 386 g/mol. The Balaban J connectivity index is 1.81. The van der Waals surface area contributed by atoms with Crippen LogP contribution in [0.1, 0.15) is 13.8 Å². The Morgan fingerprint density at radius 1 is 1.22 bits per heavy atom. The van der Waals surface area contributed by atoms with Crippen molar-refractivity contribution in [3.63, 3.8) is 0 Å². The minimum atomic E-state index is -0.593. The number of amides is 3. The molecule has 1 fully saturated rings.